The summed E-state index contributed by atoms with van der Waals surface area (Å²) in [5, 5.41) is 2.78. The van der Waals surface area contributed by atoms with Crippen LogP contribution in [-0.4, -0.2) is 9.97 Å². The molecule has 0 unspecified atom stereocenters. The van der Waals surface area contributed by atoms with Gasteiger partial charge in [-0.25, -0.2) is 9.97 Å². The molecule has 0 aliphatic carbocycles. The number of hydrogen-bond donors (Lipinski definition) is 1. The number of alkyl halides is 3. The zero-order valence-electron chi connectivity index (χ0n) is 12.2. The molecule has 0 aliphatic heterocycles. The number of hydrogen-bond acceptors (Lipinski definition) is 3. The van der Waals surface area contributed by atoms with Gasteiger partial charge < -0.3 is 5.32 Å². The molecule has 0 bridgehead atoms. The molecule has 1 aromatic heterocycles. The molecule has 0 fully saturated rings. The van der Waals surface area contributed by atoms with Crippen LogP contribution in [0.5, 0.6) is 0 Å². The Hall–Kier alpha value is -2.11. The highest BCUT2D eigenvalue weighted by Crippen LogP contribution is 2.31. The lowest BCUT2D eigenvalue weighted by Gasteiger charge is -2.13. The number of rotatable bonds is 3. The first-order chi connectivity index (χ1) is 9.97. The normalized spacial score (nSPS) is 10.6. The van der Waals surface area contributed by atoms with Gasteiger partial charge in [-0.05, 0) is 24.1 Å². The predicted molar refractivity (Wildman–Crippen MR) is 76.9 cm³/mol. The Morgan fingerprint density at radius 3 is 2.19 bits per heavy atom. The van der Waals surface area contributed by atoms with Crippen LogP contribution in [-0.2, 0) is 12.7 Å². The van der Waals surface area contributed by atoms with Gasteiger partial charge in [-0.2, -0.15) is 13.2 Å². The first kappa shape index (κ1) is 16.9. The standard InChI is InChI=1S/C13H12F3N3.C2H6/c1-9-6-17-12(18-7-9)19-8-10-4-2-3-5-11(10)13(14,15)16;1-2/h2-7H,8H2,1H3,(H,17,18,19);1-2H3. The molecule has 0 aliphatic rings. The zero-order valence-corrected chi connectivity index (χ0v) is 12.2. The van der Waals surface area contributed by atoms with Crippen molar-refractivity contribution in [1.82, 2.24) is 9.97 Å². The van der Waals surface area contributed by atoms with E-state index in [-0.39, 0.29) is 12.1 Å². The van der Waals surface area contributed by atoms with Gasteiger partial charge in [0.2, 0.25) is 5.95 Å². The van der Waals surface area contributed by atoms with Gasteiger partial charge in [-0.1, -0.05) is 32.0 Å². The van der Waals surface area contributed by atoms with E-state index in [2.05, 4.69) is 15.3 Å². The van der Waals surface area contributed by atoms with Crippen LogP contribution in [0.2, 0.25) is 0 Å². The summed E-state index contributed by atoms with van der Waals surface area (Å²) in [6, 6.07) is 5.44. The molecule has 1 heterocycles. The summed E-state index contributed by atoms with van der Waals surface area (Å²) in [5.74, 6) is 0.308. The molecule has 6 heteroatoms. The van der Waals surface area contributed by atoms with Crippen LogP contribution >= 0.6 is 0 Å². The van der Waals surface area contributed by atoms with Crippen molar-refractivity contribution in [3.63, 3.8) is 0 Å². The molecular weight excluding hydrogens is 279 g/mol. The van der Waals surface area contributed by atoms with Gasteiger partial charge >= 0.3 is 6.18 Å². The number of anilines is 1. The lowest BCUT2D eigenvalue weighted by atomic mass is 10.1. The molecule has 0 spiro atoms. The molecule has 0 saturated heterocycles. The maximum absolute atomic E-state index is 12.8. The minimum Gasteiger partial charge on any atom is -0.350 e. The Labute approximate surface area is 122 Å². The highest BCUT2D eigenvalue weighted by Gasteiger charge is 2.32. The minimum atomic E-state index is -4.35. The zero-order chi connectivity index (χ0) is 15.9. The van der Waals surface area contributed by atoms with E-state index in [0.717, 1.165) is 11.6 Å². The van der Waals surface area contributed by atoms with Crippen LogP contribution in [0.15, 0.2) is 36.7 Å². The van der Waals surface area contributed by atoms with E-state index in [4.69, 9.17) is 0 Å². The largest absolute Gasteiger partial charge is 0.416 e. The van der Waals surface area contributed by atoms with E-state index in [1.54, 1.807) is 18.5 Å². The Morgan fingerprint density at radius 1 is 1.05 bits per heavy atom. The van der Waals surface area contributed by atoms with Crippen molar-refractivity contribution >= 4 is 5.95 Å². The van der Waals surface area contributed by atoms with Crippen molar-refractivity contribution in [2.75, 3.05) is 5.32 Å². The molecule has 0 atom stereocenters. The van der Waals surface area contributed by atoms with E-state index >= 15 is 0 Å². The average Bonchev–Trinajstić information content (AvgIpc) is 2.48. The molecule has 1 aromatic carbocycles. The van der Waals surface area contributed by atoms with Crippen molar-refractivity contribution in [2.45, 2.75) is 33.5 Å². The fourth-order valence-corrected chi connectivity index (χ4v) is 1.61. The SMILES string of the molecule is CC.Cc1cnc(NCc2ccccc2C(F)(F)F)nc1. The molecule has 2 rings (SSSR count). The Kier molecular flexibility index (Phi) is 6.14. The van der Waals surface area contributed by atoms with Crippen LogP contribution in [0.3, 0.4) is 0 Å². The second-order valence-corrected chi connectivity index (χ2v) is 4.09. The summed E-state index contributed by atoms with van der Waals surface area (Å²) in [5.41, 5.74) is 0.412. The fourth-order valence-electron chi connectivity index (χ4n) is 1.61. The van der Waals surface area contributed by atoms with E-state index in [0.29, 0.717) is 5.95 Å². The molecular formula is C15H18F3N3. The molecule has 21 heavy (non-hydrogen) atoms. The van der Waals surface area contributed by atoms with E-state index in [9.17, 15) is 13.2 Å². The number of aromatic nitrogens is 2. The van der Waals surface area contributed by atoms with Crippen LogP contribution < -0.4 is 5.32 Å². The Morgan fingerprint density at radius 2 is 1.62 bits per heavy atom. The number of nitrogens with zero attached hydrogens (tertiary/aromatic N) is 2. The second kappa shape index (κ2) is 7.61. The molecule has 3 nitrogen and oxygen atoms in total. The molecule has 0 saturated carbocycles. The summed E-state index contributed by atoms with van der Waals surface area (Å²) in [6.07, 6.45) is -1.15. The van der Waals surface area contributed by atoms with Crippen LogP contribution in [0.4, 0.5) is 19.1 Å². The first-order valence-corrected chi connectivity index (χ1v) is 6.64. The summed E-state index contributed by atoms with van der Waals surface area (Å²) in [4.78, 5) is 7.96. The van der Waals surface area contributed by atoms with Crippen molar-refractivity contribution in [3.8, 4) is 0 Å². The number of aryl methyl sites for hydroxylation is 1. The summed E-state index contributed by atoms with van der Waals surface area (Å²) >= 11 is 0. The van der Waals surface area contributed by atoms with Crippen molar-refractivity contribution in [1.29, 1.82) is 0 Å². The molecule has 0 amide bonds. The van der Waals surface area contributed by atoms with Crippen LogP contribution in [0, 0.1) is 6.92 Å². The predicted octanol–water partition coefficient (Wildman–Crippen LogP) is 4.44. The fraction of sp³-hybridized carbons (Fsp3) is 0.333. The third kappa shape index (κ3) is 5.06. The molecule has 2 aromatic rings. The minimum absolute atomic E-state index is 0.0265. The lowest BCUT2D eigenvalue weighted by molar-refractivity contribution is -0.138. The summed E-state index contributed by atoms with van der Waals surface area (Å²) in [7, 11) is 0. The number of benzene rings is 1. The van der Waals surface area contributed by atoms with Crippen molar-refractivity contribution in [3.05, 3.63) is 53.3 Å². The van der Waals surface area contributed by atoms with Crippen molar-refractivity contribution < 1.29 is 13.2 Å². The van der Waals surface area contributed by atoms with E-state index in [1.165, 1.54) is 12.1 Å². The average molecular weight is 297 g/mol. The van der Waals surface area contributed by atoms with Crippen LogP contribution in [0.25, 0.3) is 0 Å². The van der Waals surface area contributed by atoms with Crippen molar-refractivity contribution in [2.24, 2.45) is 0 Å². The molecule has 114 valence electrons. The first-order valence-electron chi connectivity index (χ1n) is 6.64. The van der Waals surface area contributed by atoms with Gasteiger partial charge in [0.05, 0.1) is 5.56 Å². The number of halogens is 3. The Bertz CT molecular complexity index is 551. The van der Waals surface area contributed by atoms with Gasteiger partial charge in [0.15, 0.2) is 0 Å². The Balaban J connectivity index is 0.00000106. The summed E-state index contributed by atoms with van der Waals surface area (Å²) in [6.45, 7) is 5.86. The van der Waals surface area contributed by atoms with E-state index in [1.807, 2.05) is 20.8 Å². The molecule has 0 radical (unpaired) electrons. The highest BCUT2D eigenvalue weighted by atomic mass is 19.4. The van der Waals surface area contributed by atoms with Gasteiger partial charge in [-0.3, -0.25) is 0 Å². The monoisotopic (exact) mass is 297 g/mol. The third-order valence-corrected chi connectivity index (χ3v) is 2.54. The smallest absolute Gasteiger partial charge is 0.350 e. The highest BCUT2D eigenvalue weighted by molar-refractivity contribution is 5.34. The topological polar surface area (TPSA) is 37.8 Å². The summed E-state index contributed by atoms with van der Waals surface area (Å²) < 4.78 is 38.3. The second-order valence-electron chi connectivity index (χ2n) is 4.09. The van der Waals surface area contributed by atoms with E-state index < -0.39 is 11.7 Å². The quantitative estimate of drug-likeness (QED) is 0.910. The number of nitrogens with one attached hydrogen (secondary N) is 1. The van der Waals surface area contributed by atoms with Crippen LogP contribution in [0.1, 0.15) is 30.5 Å². The maximum atomic E-state index is 12.8. The van der Waals surface area contributed by atoms with Gasteiger partial charge in [-0.15, -0.1) is 0 Å². The lowest BCUT2D eigenvalue weighted by Crippen LogP contribution is -2.12. The third-order valence-electron chi connectivity index (χ3n) is 2.54. The van der Waals surface area contributed by atoms with Gasteiger partial charge in [0.25, 0.3) is 0 Å². The van der Waals surface area contributed by atoms with Gasteiger partial charge in [0, 0.05) is 18.9 Å². The molecule has 1 N–H and O–H groups in total. The maximum Gasteiger partial charge on any atom is 0.416 e. The van der Waals surface area contributed by atoms with Gasteiger partial charge in [0.1, 0.15) is 0 Å².